The van der Waals surface area contributed by atoms with Crippen LogP contribution in [0.1, 0.15) is 10.4 Å². The van der Waals surface area contributed by atoms with E-state index < -0.39 is 5.24 Å². The van der Waals surface area contributed by atoms with E-state index in [1.165, 1.54) is 0 Å². The predicted octanol–water partition coefficient (Wildman–Crippen LogP) is 3.51. The fraction of sp³-hybridized carbons (Fsp3) is 0. The largest absolute Gasteiger partial charge is 0.352 e. The van der Waals surface area contributed by atoms with Gasteiger partial charge in [-0.25, -0.2) is 9.50 Å². The Balaban J connectivity index is 1.96. The summed E-state index contributed by atoms with van der Waals surface area (Å²) < 4.78 is 1.58. The number of carbonyl (C=O) groups excluding carboxylic acids is 1. The maximum absolute atomic E-state index is 11.0. The third-order valence-corrected chi connectivity index (χ3v) is 3.12. The van der Waals surface area contributed by atoms with Crippen LogP contribution in [0.3, 0.4) is 0 Å². The summed E-state index contributed by atoms with van der Waals surface area (Å²) in [5, 5.41) is 7.14. The van der Waals surface area contributed by atoms with Crippen LogP contribution in [0.2, 0.25) is 5.15 Å². The number of fused-ring (bicyclic) bond motifs is 1. The van der Waals surface area contributed by atoms with Crippen LogP contribution >= 0.6 is 23.2 Å². The average molecular weight is 307 g/mol. The highest BCUT2D eigenvalue weighted by Crippen LogP contribution is 2.23. The topological polar surface area (TPSA) is 59.3 Å². The number of nitrogens with one attached hydrogen (secondary N) is 1. The van der Waals surface area contributed by atoms with Crippen LogP contribution in [0.4, 0.5) is 11.4 Å². The van der Waals surface area contributed by atoms with E-state index in [0.717, 1.165) is 11.4 Å². The third-order valence-electron chi connectivity index (χ3n) is 2.72. The lowest BCUT2D eigenvalue weighted by Gasteiger charge is -2.08. The first-order chi connectivity index (χ1) is 9.63. The number of hydrogen-bond donors (Lipinski definition) is 1. The van der Waals surface area contributed by atoms with Crippen LogP contribution in [-0.2, 0) is 0 Å². The number of aromatic nitrogens is 3. The van der Waals surface area contributed by atoms with Crippen molar-refractivity contribution < 1.29 is 4.79 Å². The predicted molar refractivity (Wildman–Crippen MR) is 77.9 cm³/mol. The first-order valence-electron chi connectivity index (χ1n) is 5.70. The maximum atomic E-state index is 11.0. The number of hydrogen-bond acceptors (Lipinski definition) is 4. The minimum atomic E-state index is -0.487. The van der Waals surface area contributed by atoms with Gasteiger partial charge in [-0.2, -0.15) is 5.10 Å². The Morgan fingerprint density at radius 2 is 2.00 bits per heavy atom. The second-order valence-electron chi connectivity index (χ2n) is 4.05. The van der Waals surface area contributed by atoms with Gasteiger partial charge in [0, 0.05) is 29.7 Å². The first kappa shape index (κ1) is 12.9. The van der Waals surface area contributed by atoms with E-state index in [0.29, 0.717) is 16.4 Å². The lowest BCUT2D eigenvalue weighted by atomic mass is 10.2. The van der Waals surface area contributed by atoms with Gasteiger partial charge in [-0.3, -0.25) is 4.79 Å². The monoisotopic (exact) mass is 306 g/mol. The van der Waals surface area contributed by atoms with E-state index in [4.69, 9.17) is 23.2 Å². The van der Waals surface area contributed by atoms with Gasteiger partial charge in [-0.05, 0) is 35.9 Å². The Labute approximate surface area is 124 Å². The van der Waals surface area contributed by atoms with Crippen LogP contribution in [0.5, 0.6) is 0 Å². The van der Waals surface area contributed by atoms with Crippen molar-refractivity contribution in [2.24, 2.45) is 0 Å². The quantitative estimate of drug-likeness (QED) is 0.752. The zero-order chi connectivity index (χ0) is 14.1. The van der Waals surface area contributed by atoms with Gasteiger partial charge < -0.3 is 5.32 Å². The highest BCUT2D eigenvalue weighted by Gasteiger charge is 2.07. The molecule has 0 radical (unpaired) electrons. The summed E-state index contributed by atoms with van der Waals surface area (Å²) in [6.07, 6.45) is 3.35. The molecule has 0 bridgehead atoms. The SMILES string of the molecule is O=C(Cl)c1ccc(Nc2cc(Cl)nn3ccnc23)cc1. The highest BCUT2D eigenvalue weighted by atomic mass is 35.5. The minimum Gasteiger partial charge on any atom is -0.352 e. The fourth-order valence-corrected chi connectivity index (χ4v) is 2.13. The third kappa shape index (κ3) is 2.45. The molecule has 0 aliphatic heterocycles. The van der Waals surface area contributed by atoms with Gasteiger partial charge in [-0.1, -0.05) is 11.6 Å². The number of carbonyl (C=O) groups is 1. The Bertz CT molecular complexity index is 783. The van der Waals surface area contributed by atoms with E-state index in [1.54, 1.807) is 47.2 Å². The summed E-state index contributed by atoms with van der Waals surface area (Å²) in [5.74, 6) is 0. The average Bonchev–Trinajstić information content (AvgIpc) is 2.87. The lowest BCUT2D eigenvalue weighted by Crippen LogP contribution is -1.98. The molecule has 0 aliphatic carbocycles. The molecule has 100 valence electrons. The zero-order valence-electron chi connectivity index (χ0n) is 10.0. The molecule has 20 heavy (non-hydrogen) atoms. The summed E-state index contributed by atoms with van der Waals surface area (Å²) in [7, 11) is 0. The van der Waals surface area contributed by atoms with Crippen molar-refractivity contribution in [3.63, 3.8) is 0 Å². The van der Waals surface area contributed by atoms with Crippen molar-refractivity contribution in [2.75, 3.05) is 5.32 Å². The number of rotatable bonds is 3. The summed E-state index contributed by atoms with van der Waals surface area (Å²) in [6, 6.07) is 8.48. The maximum Gasteiger partial charge on any atom is 0.252 e. The van der Waals surface area contributed by atoms with Crippen molar-refractivity contribution in [2.45, 2.75) is 0 Å². The van der Waals surface area contributed by atoms with E-state index in [2.05, 4.69) is 15.4 Å². The van der Waals surface area contributed by atoms with Crippen LogP contribution in [0, 0.1) is 0 Å². The molecule has 0 spiro atoms. The summed E-state index contributed by atoms with van der Waals surface area (Å²) in [4.78, 5) is 15.2. The van der Waals surface area contributed by atoms with E-state index in [-0.39, 0.29) is 0 Å². The van der Waals surface area contributed by atoms with Crippen LogP contribution in [0.15, 0.2) is 42.7 Å². The molecule has 1 N–H and O–H groups in total. The molecule has 2 aromatic heterocycles. The van der Waals surface area contributed by atoms with Crippen LogP contribution < -0.4 is 5.32 Å². The normalized spacial score (nSPS) is 10.7. The van der Waals surface area contributed by atoms with Gasteiger partial charge >= 0.3 is 0 Å². The van der Waals surface area contributed by atoms with Gasteiger partial charge in [0.1, 0.15) is 0 Å². The molecule has 3 aromatic rings. The van der Waals surface area contributed by atoms with Crippen molar-refractivity contribution in [3.05, 3.63) is 53.4 Å². The minimum absolute atomic E-state index is 0.352. The standard InChI is InChI=1S/C13H8Cl2N4O/c14-11-7-10(13-16-5-6-19(13)18-11)17-9-3-1-8(2-4-9)12(15)20/h1-7,17H. The lowest BCUT2D eigenvalue weighted by molar-refractivity contribution is 0.108. The van der Waals surface area contributed by atoms with Gasteiger partial charge in [0.15, 0.2) is 10.8 Å². The van der Waals surface area contributed by atoms with Crippen LogP contribution in [-0.4, -0.2) is 19.8 Å². The number of halogens is 2. The molecule has 0 unspecified atom stereocenters. The molecular weight excluding hydrogens is 299 g/mol. The van der Waals surface area contributed by atoms with E-state index >= 15 is 0 Å². The molecule has 5 nitrogen and oxygen atoms in total. The molecule has 0 atom stereocenters. The molecule has 1 aromatic carbocycles. The molecule has 0 amide bonds. The van der Waals surface area contributed by atoms with Crippen LogP contribution in [0.25, 0.3) is 5.65 Å². The molecule has 0 saturated carbocycles. The molecule has 0 aliphatic rings. The number of imidazole rings is 1. The smallest absolute Gasteiger partial charge is 0.252 e. The summed E-state index contributed by atoms with van der Waals surface area (Å²) >= 11 is 11.4. The van der Waals surface area contributed by atoms with E-state index in [1.807, 2.05) is 0 Å². The van der Waals surface area contributed by atoms with Crippen molar-refractivity contribution in [3.8, 4) is 0 Å². The second kappa shape index (κ2) is 5.11. The Morgan fingerprint density at radius 1 is 1.25 bits per heavy atom. The van der Waals surface area contributed by atoms with Crippen molar-refractivity contribution >= 4 is 45.5 Å². The molecule has 0 fully saturated rings. The number of anilines is 2. The molecule has 3 rings (SSSR count). The zero-order valence-corrected chi connectivity index (χ0v) is 11.6. The Kier molecular flexibility index (Phi) is 3.30. The van der Waals surface area contributed by atoms with E-state index in [9.17, 15) is 4.79 Å². The number of nitrogens with zero attached hydrogens (tertiary/aromatic N) is 3. The molecule has 0 saturated heterocycles. The van der Waals surface area contributed by atoms with Gasteiger partial charge in [-0.15, -0.1) is 0 Å². The Morgan fingerprint density at radius 3 is 2.70 bits per heavy atom. The molecule has 7 heteroatoms. The second-order valence-corrected chi connectivity index (χ2v) is 4.78. The van der Waals surface area contributed by atoms with Gasteiger partial charge in [0.25, 0.3) is 5.24 Å². The number of benzene rings is 1. The summed E-state index contributed by atoms with van der Waals surface area (Å²) in [5.41, 5.74) is 2.61. The van der Waals surface area contributed by atoms with Gasteiger partial charge in [0.05, 0.1) is 5.69 Å². The highest BCUT2D eigenvalue weighted by molar-refractivity contribution is 6.67. The summed E-state index contributed by atoms with van der Waals surface area (Å²) in [6.45, 7) is 0. The van der Waals surface area contributed by atoms with Crippen molar-refractivity contribution in [1.29, 1.82) is 0 Å². The fourth-order valence-electron chi connectivity index (χ4n) is 1.82. The van der Waals surface area contributed by atoms with Gasteiger partial charge in [0.2, 0.25) is 0 Å². The van der Waals surface area contributed by atoms with Crippen molar-refractivity contribution in [1.82, 2.24) is 14.6 Å². The molecule has 2 heterocycles. The Hall–Kier alpha value is -2.11. The molecular formula is C13H8Cl2N4O. The first-order valence-corrected chi connectivity index (χ1v) is 6.46.